The summed E-state index contributed by atoms with van der Waals surface area (Å²) >= 11 is 0. The van der Waals surface area contributed by atoms with Gasteiger partial charge in [-0.15, -0.1) is 0 Å². The van der Waals surface area contributed by atoms with Crippen LogP contribution in [-0.4, -0.2) is 13.1 Å². The topological polar surface area (TPSA) is 41.5 Å². The Kier molecular flexibility index (Phi) is 6.71. The maximum absolute atomic E-state index is 10.1. The van der Waals surface area contributed by atoms with Gasteiger partial charge >= 0.3 is 0 Å². The summed E-state index contributed by atoms with van der Waals surface area (Å²) in [6, 6.07) is 6.21. The van der Waals surface area contributed by atoms with E-state index in [1.165, 1.54) is 5.56 Å². The van der Waals surface area contributed by atoms with Gasteiger partial charge in [0.1, 0.15) is 0 Å². The third kappa shape index (κ3) is 4.65. The number of anilines is 1. The first kappa shape index (κ1) is 16.2. The van der Waals surface area contributed by atoms with Gasteiger partial charge in [0.2, 0.25) is 0 Å². The van der Waals surface area contributed by atoms with E-state index in [1.807, 2.05) is 6.07 Å². The van der Waals surface area contributed by atoms with Crippen molar-refractivity contribution in [1.29, 1.82) is 0 Å². The molecule has 0 unspecified atom stereocenters. The third-order valence-electron chi connectivity index (χ3n) is 3.16. The van der Waals surface area contributed by atoms with Gasteiger partial charge in [-0.05, 0) is 41.2 Å². The first-order valence-corrected chi connectivity index (χ1v) is 7.12. The van der Waals surface area contributed by atoms with E-state index < -0.39 is 0 Å². The molecule has 0 amide bonds. The summed E-state index contributed by atoms with van der Waals surface area (Å²) in [5, 5.41) is 6.05. The first-order chi connectivity index (χ1) is 9.60. The van der Waals surface area contributed by atoms with E-state index in [-0.39, 0.29) is 6.54 Å². The Balaban J connectivity index is 3.03. The summed E-state index contributed by atoms with van der Waals surface area (Å²) in [6.45, 7) is 11.4. The molecule has 20 heavy (non-hydrogen) atoms. The number of nitrogens with zero attached hydrogens (tertiary/aromatic N) is 1. The number of benzene rings is 1. The molecule has 0 spiro atoms. The lowest BCUT2D eigenvalue weighted by atomic mass is 9.92. The molecule has 1 N–H and O–H groups in total. The number of hydrogen-bond acceptors (Lipinski definition) is 3. The monoisotopic (exact) mass is 272 g/mol. The van der Waals surface area contributed by atoms with Gasteiger partial charge in [-0.2, -0.15) is 4.91 Å². The zero-order valence-electron chi connectivity index (χ0n) is 12.6. The van der Waals surface area contributed by atoms with Crippen LogP contribution in [0, 0.1) is 10.8 Å². The van der Waals surface area contributed by atoms with Crippen molar-refractivity contribution in [2.45, 2.75) is 27.2 Å². The second kappa shape index (κ2) is 8.31. The molecule has 0 aromatic heterocycles. The van der Waals surface area contributed by atoms with Crippen molar-refractivity contribution in [1.82, 2.24) is 0 Å². The predicted octanol–water partition coefficient (Wildman–Crippen LogP) is 4.96. The molecule has 0 radical (unpaired) electrons. The molecule has 0 fully saturated rings. The summed E-state index contributed by atoms with van der Waals surface area (Å²) in [5.74, 6) is 0.418. The molecule has 0 aliphatic heterocycles. The van der Waals surface area contributed by atoms with Crippen LogP contribution in [0.4, 0.5) is 5.69 Å². The Hall–Kier alpha value is -1.90. The number of nitroso groups, excluding NO2 is 1. The van der Waals surface area contributed by atoms with E-state index in [0.29, 0.717) is 12.5 Å². The maximum atomic E-state index is 10.1. The van der Waals surface area contributed by atoms with E-state index in [4.69, 9.17) is 0 Å². The van der Waals surface area contributed by atoms with E-state index in [0.717, 1.165) is 23.2 Å². The molecule has 0 heterocycles. The first-order valence-electron chi connectivity index (χ1n) is 7.12. The Morgan fingerprint density at radius 3 is 2.80 bits per heavy atom. The van der Waals surface area contributed by atoms with Crippen LogP contribution in [0.15, 0.2) is 36.0 Å². The average Bonchev–Trinajstić information content (AvgIpc) is 2.44. The van der Waals surface area contributed by atoms with Gasteiger partial charge in [-0.1, -0.05) is 50.7 Å². The zero-order valence-corrected chi connectivity index (χ0v) is 12.6. The summed E-state index contributed by atoms with van der Waals surface area (Å²) < 4.78 is 0. The van der Waals surface area contributed by atoms with Gasteiger partial charge in [0, 0.05) is 12.2 Å². The highest BCUT2D eigenvalue weighted by Gasteiger charge is 2.08. The van der Waals surface area contributed by atoms with Crippen molar-refractivity contribution in [2.75, 3.05) is 18.4 Å². The molecular formula is C17H24N2O. The normalized spacial score (nSPS) is 11.0. The molecule has 0 bridgehead atoms. The maximum Gasteiger partial charge on any atom is 0.0983 e. The molecule has 0 saturated carbocycles. The quantitative estimate of drug-likeness (QED) is 0.537. The summed E-state index contributed by atoms with van der Waals surface area (Å²) in [5.41, 5.74) is 4.49. The van der Waals surface area contributed by atoms with Crippen molar-refractivity contribution in [3.63, 3.8) is 0 Å². The van der Waals surface area contributed by atoms with Crippen LogP contribution in [0.5, 0.6) is 0 Å². The molecule has 1 aromatic carbocycles. The highest BCUT2D eigenvalue weighted by molar-refractivity contribution is 5.76. The highest BCUT2D eigenvalue weighted by Crippen LogP contribution is 2.28. The van der Waals surface area contributed by atoms with Crippen molar-refractivity contribution in [2.24, 2.45) is 11.1 Å². The molecule has 0 aliphatic rings. The van der Waals surface area contributed by atoms with Gasteiger partial charge in [0.15, 0.2) is 0 Å². The summed E-state index contributed by atoms with van der Waals surface area (Å²) in [6.07, 6.45) is 5.27. The Morgan fingerprint density at radius 2 is 2.20 bits per heavy atom. The van der Waals surface area contributed by atoms with Gasteiger partial charge in [0.25, 0.3) is 0 Å². The van der Waals surface area contributed by atoms with Gasteiger partial charge in [-0.3, -0.25) is 0 Å². The molecule has 1 rings (SSSR count). The van der Waals surface area contributed by atoms with Gasteiger partial charge < -0.3 is 5.32 Å². The fraction of sp³-hybridized carbons (Fsp3) is 0.412. The summed E-state index contributed by atoms with van der Waals surface area (Å²) in [4.78, 5) is 10.1. The fourth-order valence-electron chi connectivity index (χ4n) is 1.90. The predicted molar refractivity (Wildman–Crippen MR) is 88.8 cm³/mol. The number of allylic oxidation sites excluding steroid dienone is 2. The third-order valence-corrected chi connectivity index (χ3v) is 3.16. The summed E-state index contributed by atoms with van der Waals surface area (Å²) in [7, 11) is 0. The van der Waals surface area contributed by atoms with E-state index in [2.05, 4.69) is 62.1 Å². The Bertz CT molecular complexity index is 490. The van der Waals surface area contributed by atoms with E-state index >= 15 is 0 Å². The van der Waals surface area contributed by atoms with Crippen LogP contribution in [0.2, 0.25) is 0 Å². The van der Waals surface area contributed by atoms with Crippen LogP contribution < -0.4 is 5.32 Å². The fourth-order valence-corrected chi connectivity index (χ4v) is 1.90. The molecule has 108 valence electrons. The van der Waals surface area contributed by atoms with Crippen LogP contribution >= 0.6 is 0 Å². The van der Waals surface area contributed by atoms with Gasteiger partial charge in [0.05, 0.1) is 6.54 Å². The molecule has 3 heteroatoms. The largest absolute Gasteiger partial charge is 0.383 e. The van der Waals surface area contributed by atoms with Crippen LogP contribution in [0.1, 0.15) is 38.3 Å². The number of nitrogens with one attached hydrogen (secondary N) is 1. The van der Waals surface area contributed by atoms with Crippen LogP contribution in [0.25, 0.3) is 11.6 Å². The minimum absolute atomic E-state index is 0.278. The number of hydrogen-bond donors (Lipinski definition) is 1. The Labute approximate surface area is 121 Å². The smallest absolute Gasteiger partial charge is 0.0983 e. The minimum Gasteiger partial charge on any atom is -0.383 e. The Morgan fingerprint density at radius 1 is 1.45 bits per heavy atom. The van der Waals surface area contributed by atoms with Crippen molar-refractivity contribution < 1.29 is 0 Å². The van der Waals surface area contributed by atoms with Crippen LogP contribution in [-0.2, 0) is 0 Å². The van der Waals surface area contributed by atoms with Crippen molar-refractivity contribution >= 4 is 17.3 Å². The minimum atomic E-state index is 0.278. The standard InChI is InChI=1S/C17H24N2O/c1-5-6-7-15-12-16(18-10-11-19-20)8-9-17(15)14(4)13(2)3/h6-9,12-13,18H,4-5,10-11H2,1-3H3. The highest BCUT2D eigenvalue weighted by atomic mass is 16.3. The molecule has 0 atom stereocenters. The van der Waals surface area contributed by atoms with Crippen molar-refractivity contribution in [3.05, 3.63) is 46.9 Å². The lowest BCUT2D eigenvalue weighted by Gasteiger charge is -2.15. The second-order valence-electron chi connectivity index (χ2n) is 5.07. The lowest BCUT2D eigenvalue weighted by molar-refractivity contribution is 0.857. The molecule has 3 nitrogen and oxygen atoms in total. The van der Waals surface area contributed by atoms with E-state index in [9.17, 15) is 4.91 Å². The average molecular weight is 272 g/mol. The number of rotatable bonds is 8. The lowest BCUT2D eigenvalue weighted by Crippen LogP contribution is -2.05. The molecular weight excluding hydrogens is 248 g/mol. The van der Waals surface area contributed by atoms with Gasteiger partial charge in [-0.25, -0.2) is 0 Å². The van der Waals surface area contributed by atoms with Crippen LogP contribution in [0.3, 0.4) is 0 Å². The van der Waals surface area contributed by atoms with E-state index in [1.54, 1.807) is 0 Å². The SMILES string of the molecule is C=C(c1ccc(NCCN=O)cc1C=CCC)C(C)C. The second-order valence-corrected chi connectivity index (χ2v) is 5.07. The van der Waals surface area contributed by atoms with Crippen molar-refractivity contribution in [3.8, 4) is 0 Å². The molecule has 0 saturated heterocycles. The molecule has 0 aliphatic carbocycles. The molecule has 1 aromatic rings. The zero-order chi connectivity index (χ0) is 15.0.